The van der Waals surface area contributed by atoms with Crippen molar-refractivity contribution in [3.63, 3.8) is 0 Å². The average Bonchev–Trinajstić information content (AvgIpc) is 2.10. The molecule has 15 heavy (non-hydrogen) atoms. The lowest BCUT2D eigenvalue weighted by atomic mass is 10.3. The standard InChI is InChI=1S/C6H7N5O3S/c1-11(5(7)15)10-2-3(12)8-6(14)9-4(2)13/h1H3,(H2,7,15)(H2,8,9,12,13,14). The number of imide groups is 2. The number of carbonyl (C=O) groups excluding carboxylic acids is 3. The van der Waals surface area contributed by atoms with Gasteiger partial charge in [-0.05, 0) is 12.2 Å². The Labute approximate surface area is 89.5 Å². The Balaban J connectivity index is 2.94. The van der Waals surface area contributed by atoms with Crippen LogP contribution in [0.3, 0.4) is 0 Å². The van der Waals surface area contributed by atoms with Crippen molar-refractivity contribution in [3.05, 3.63) is 0 Å². The molecule has 1 heterocycles. The summed E-state index contributed by atoms with van der Waals surface area (Å²) in [5.41, 5.74) is 4.71. The lowest BCUT2D eigenvalue weighted by molar-refractivity contribution is -0.119. The molecule has 4 N–H and O–H groups in total. The fourth-order valence-corrected chi connectivity index (χ4v) is 0.790. The van der Waals surface area contributed by atoms with E-state index in [1.165, 1.54) is 7.05 Å². The minimum atomic E-state index is -0.896. The number of urea groups is 1. The molecule has 8 nitrogen and oxygen atoms in total. The predicted molar refractivity (Wildman–Crippen MR) is 53.7 cm³/mol. The Hall–Kier alpha value is -2.03. The van der Waals surface area contributed by atoms with Gasteiger partial charge in [0.25, 0.3) is 11.8 Å². The van der Waals surface area contributed by atoms with E-state index in [-0.39, 0.29) is 5.11 Å². The lowest BCUT2D eigenvalue weighted by Crippen LogP contribution is -2.57. The molecule has 0 spiro atoms. The van der Waals surface area contributed by atoms with Crippen molar-refractivity contribution in [1.29, 1.82) is 0 Å². The number of rotatable bonds is 1. The number of amides is 4. The molecule has 0 aromatic heterocycles. The van der Waals surface area contributed by atoms with Gasteiger partial charge in [0.1, 0.15) is 0 Å². The lowest BCUT2D eigenvalue weighted by Gasteiger charge is -2.16. The van der Waals surface area contributed by atoms with Gasteiger partial charge in [-0.2, -0.15) is 5.10 Å². The third-order valence-corrected chi connectivity index (χ3v) is 1.72. The molecule has 0 aliphatic carbocycles. The van der Waals surface area contributed by atoms with Gasteiger partial charge in [0, 0.05) is 7.05 Å². The van der Waals surface area contributed by atoms with E-state index in [0.717, 1.165) is 5.01 Å². The maximum atomic E-state index is 11.1. The van der Waals surface area contributed by atoms with E-state index in [1.54, 1.807) is 0 Å². The zero-order valence-corrected chi connectivity index (χ0v) is 8.42. The van der Waals surface area contributed by atoms with Crippen molar-refractivity contribution in [1.82, 2.24) is 15.6 Å². The molecule has 9 heteroatoms. The molecule has 1 aliphatic rings. The largest absolute Gasteiger partial charge is 0.375 e. The van der Waals surface area contributed by atoms with E-state index in [0.29, 0.717) is 0 Å². The first-order valence-electron chi connectivity index (χ1n) is 3.70. The maximum Gasteiger partial charge on any atom is 0.328 e. The van der Waals surface area contributed by atoms with Crippen LogP contribution in [0.2, 0.25) is 0 Å². The van der Waals surface area contributed by atoms with Crippen LogP contribution in [0.1, 0.15) is 0 Å². The number of hydrazone groups is 1. The van der Waals surface area contributed by atoms with Crippen LogP contribution in [-0.4, -0.2) is 40.7 Å². The Kier molecular flexibility index (Phi) is 2.95. The van der Waals surface area contributed by atoms with Crippen molar-refractivity contribution in [2.45, 2.75) is 0 Å². The van der Waals surface area contributed by atoms with Gasteiger partial charge in [0.15, 0.2) is 5.11 Å². The van der Waals surface area contributed by atoms with Crippen molar-refractivity contribution in [2.75, 3.05) is 7.05 Å². The molecule has 4 amide bonds. The van der Waals surface area contributed by atoms with Gasteiger partial charge >= 0.3 is 6.03 Å². The second kappa shape index (κ2) is 4.00. The van der Waals surface area contributed by atoms with E-state index in [1.807, 2.05) is 10.6 Å². The number of nitrogens with one attached hydrogen (secondary N) is 2. The number of hydrogen-bond donors (Lipinski definition) is 3. The SMILES string of the molecule is CN(N=C1C(=O)NC(=O)NC1=O)C(N)=S. The highest BCUT2D eigenvalue weighted by molar-refractivity contribution is 7.80. The van der Waals surface area contributed by atoms with Gasteiger partial charge in [0.05, 0.1) is 0 Å². The first-order valence-corrected chi connectivity index (χ1v) is 4.11. The predicted octanol–water partition coefficient (Wildman–Crippen LogP) is -2.12. The van der Waals surface area contributed by atoms with Crippen LogP contribution in [0.25, 0.3) is 0 Å². The van der Waals surface area contributed by atoms with Crippen molar-refractivity contribution < 1.29 is 14.4 Å². The van der Waals surface area contributed by atoms with E-state index in [2.05, 4.69) is 17.3 Å². The van der Waals surface area contributed by atoms with Crippen molar-refractivity contribution in [3.8, 4) is 0 Å². The molecule has 0 unspecified atom stereocenters. The third-order valence-electron chi connectivity index (χ3n) is 1.45. The Morgan fingerprint density at radius 3 is 2.20 bits per heavy atom. The highest BCUT2D eigenvalue weighted by Gasteiger charge is 2.30. The monoisotopic (exact) mass is 229 g/mol. The smallest absolute Gasteiger partial charge is 0.328 e. The summed E-state index contributed by atoms with van der Waals surface area (Å²) >= 11 is 4.55. The number of thiocarbonyl (C=S) groups is 1. The van der Waals surface area contributed by atoms with E-state index in [9.17, 15) is 14.4 Å². The molecule has 1 fully saturated rings. The molecule has 80 valence electrons. The zero-order chi connectivity index (χ0) is 11.6. The van der Waals surface area contributed by atoms with Crippen LogP contribution in [0, 0.1) is 0 Å². The number of carbonyl (C=O) groups is 3. The summed E-state index contributed by atoms with van der Waals surface area (Å²) in [6.45, 7) is 0. The molecule has 1 saturated heterocycles. The summed E-state index contributed by atoms with van der Waals surface area (Å²) in [5, 5.41) is 8.11. The number of hydrogen-bond acceptors (Lipinski definition) is 5. The maximum absolute atomic E-state index is 11.1. The molecule has 0 aromatic carbocycles. The number of barbiturate groups is 1. The highest BCUT2D eigenvalue weighted by atomic mass is 32.1. The molecular formula is C6H7N5O3S. The number of nitrogens with two attached hydrogens (primary N) is 1. The summed E-state index contributed by atoms with van der Waals surface area (Å²) in [4.78, 5) is 32.9. The molecule has 1 aliphatic heterocycles. The summed E-state index contributed by atoms with van der Waals surface area (Å²) in [5.74, 6) is -1.79. The Morgan fingerprint density at radius 2 is 1.80 bits per heavy atom. The van der Waals surface area contributed by atoms with Gasteiger partial charge < -0.3 is 5.73 Å². The van der Waals surface area contributed by atoms with Gasteiger partial charge in [-0.3, -0.25) is 20.2 Å². The van der Waals surface area contributed by atoms with Crippen LogP contribution in [-0.2, 0) is 9.59 Å². The van der Waals surface area contributed by atoms with E-state index < -0.39 is 23.6 Å². The minimum absolute atomic E-state index is 0.111. The molecule has 0 saturated carbocycles. The van der Waals surface area contributed by atoms with Gasteiger partial charge in [-0.25, -0.2) is 9.80 Å². The highest BCUT2D eigenvalue weighted by Crippen LogP contribution is 1.92. The average molecular weight is 229 g/mol. The summed E-state index contributed by atoms with van der Waals surface area (Å²) < 4.78 is 0. The van der Waals surface area contributed by atoms with E-state index in [4.69, 9.17) is 5.73 Å². The molecular weight excluding hydrogens is 222 g/mol. The third kappa shape index (κ3) is 2.47. The normalized spacial score (nSPS) is 15.5. The minimum Gasteiger partial charge on any atom is -0.375 e. The summed E-state index contributed by atoms with van der Waals surface area (Å²) in [6.07, 6.45) is 0. The molecule has 1 rings (SSSR count). The fraction of sp³-hybridized carbons (Fsp3) is 0.167. The van der Waals surface area contributed by atoms with Crippen molar-refractivity contribution in [2.24, 2.45) is 10.8 Å². The zero-order valence-electron chi connectivity index (χ0n) is 7.60. The Bertz CT molecular complexity index is 368. The fourth-order valence-electron chi connectivity index (χ4n) is 0.749. The number of nitrogens with zero attached hydrogens (tertiary/aromatic N) is 2. The second-order valence-electron chi connectivity index (χ2n) is 2.55. The van der Waals surface area contributed by atoms with Crippen LogP contribution < -0.4 is 16.4 Å². The van der Waals surface area contributed by atoms with Crippen LogP contribution in [0.15, 0.2) is 5.10 Å². The van der Waals surface area contributed by atoms with Crippen LogP contribution in [0.4, 0.5) is 4.79 Å². The first kappa shape index (κ1) is 11.0. The van der Waals surface area contributed by atoms with Gasteiger partial charge in [0.2, 0.25) is 5.71 Å². The quantitative estimate of drug-likeness (QED) is 0.350. The van der Waals surface area contributed by atoms with E-state index >= 15 is 0 Å². The van der Waals surface area contributed by atoms with Gasteiger partial charge in [-0.1, -0.05) is 0 Å². The van der Waals surface area contributed by atoms with Crippen molar-refractivity contribution >= 4 is 40.9 Å². The first-order chi connectivity index (χ1) is 6.91. The summed E-state index contributed by atoms with van der Waals surface area (Å²) in [6, 6.07) is -0.887. The second-order valence-corrected chi connectivity index (χ2v) is 2.97. The van der Waals surface area contributed by atoms with Crippen LogP contribution >= 0.6 is 12.2 Å². The van der Waals surface area contributed by atoms with Crippen LogP contribution in [0.5, 0.6) is 0 Å². The Morgan fingerprint density at radius 1 is 1.33 bits per heavy atom. The molecule has 0 aromatic rings. The topological polar surface area (TPSA) is 117 Å². The summed E-state index contributed by atoms with van der Waals surface area (Å²) in [7, 11) is 1.37. The van der Waals surface area contributed by atoms with Gasteiger partial charge in [-0.15, -0.1) is 0 Å². The molecule has 0 atom stereocenters. The molecule has 0 radical (unpaired) electrons. The molecule has 0 bridgehead atoms.